The maximum absolute atomic E-state index is 14.3. The van der Waals surface area contributed by atoms with Gasteiger partial charge in [0.25, 0.3) is 17.4 Å². The third-order valence-corrected chi connectivity index (χ3v) is 23.0. The minimum absolute atomic E-state index is 0.0284. The van der Waals surface area contributed by atoms with Crippen LogP contribution < -0.4 is 32.1 Å². The number of pyridine rings is 2. The number of hydrogen-bond donors (Lipinski definition) is 6. The molecule has 0 fully saturated rings. The molecule has 0 spiro atoms. The van der Waals surface area contributed by atoms with E-state index in [1.807, 2.05) is 19.9 Å². The summed E-state index contributed by atoms with van der Waals surface area (Å²) < 4.78 is 12.7. The van der Waals surface area contributed by atoms with Crippen molar-refractivity contribution in [1.82, 2.24) is 84.7 Å². The Morgan fingerprint density at radius 3 is 1.56 bits per heavy atom. The summed E-state index contributed by atoms with van der Waals surface area (Å²) in [6.07, 6.45) is 4.67. The van der Waals surface area contributed by atoms with Gasteiger partial charge >= 0.3 is 12.1 Å². The lowest BCUT2D eigenvalue weighted by Gasteiger charge is -2.31. The Bertz CT molecular complexity index is 5010. The fraction of sp³-hybridized carbons (Fsp3) is 0.535. The number of benzene rings is 2. The normalized spacial score (nSPS) is 15.0. The Balaban J connectivity index is 0.792. The summed E-state index contributed by atoms with van der Waals surface area (Å²) in [6.45, 7) is 5.74. The number of nitrogens with zero attached hydrogens (tertiary/aromatic N) is 13. The van der Waals surface area contributed by atoms with E-state index >= 15 is 0 Å². The third kappa shape index (κ3) is 24.9. The number of imide groups is 1. The molecule has 2 aromatic heterocycles. The molecule has 3 aliphatic heterocycles. The predicted octanol–water partition coefficient (Wildman–Crippen LogP) is -0.450. The van der Waals surface area contributed by atoms with Gasteiger partial charge in [-0.05, 0) is 123 Å². The molecular weight excluding hydrogens is 1640 g/mol. The maximum Gasteiger partial charge on any atom is 0.407 e. The van der Waals surface area contributed by atoms with E-state index in [2.05, 4.69) is 26.6 Å². The molecule has 5 heterocycles. The molecule has 4 atom stereocenters. The van der Waals surface area contributed by atoms with Crippen molar-refractivity contribution in [1.29, 1.82) is 0 Å². The van der Waals surface area contributed by atoms with Gasteiger partial charge in [-0.15, -0.1) is 0 Å². The smallest absolute Gasteiger partial charge is 0.407 e. The lowest BCUT2D eigenvalue weighted by atomic mass is 9.81. The SMILES string of the molecule is CC[C@@]1(O)C(=O)OCc2c1cc1n(c2=O)Cc2c-1nc1cc(C)c(C)c3c1c2[C@@H](NC(=O)OCc1ccc(NC(=O)[C@H](CCCCNC(=O)CN(C)C(=O)CN(C)C(=O)CN(C)C(=O)CN(C)C(=O)CN(C)C(=O)CN(C)C(=O)CN(C)C(=O)CN(C)C(=O)CN(C)C(=O)CN(C)C(C)=O)NC(=O)[C@@H](NC(=O)CCCCCN2C(=O)C=CC2=O)C(C)C)cc1)CC3. The van der Waals surface area contributed by atoms with Crippen molar-refractivity contribution in [3.8, 4) is 11.4 Å². The van der Waals surface area contributed by atoms with Gasteiger partial charge < -0.3 is 94.7 Å². The van der Waals surface area contributed by atoms with Crippen LogP contribution in [0.5, 0.6) is 0 Å². The van der Waals surface area contributed by atoms with Crippen molar-refractivity contribution < 1.29 is 101 Å². The first-order valence-corrected chi connectivity index (χ1v) is 41.6. The van der Waals surface area contributed by atoms with Gasteiger partial charge in [0.2, 0.25) is 82.7 Å². The number of fused-ring (bicyclic) bond motifs is 5. The molecule has 0 saturated heterocycles. The van der Waals surface area contributed by atoms with Crippen LogP contribution in [-0.4, -0.2) is 336 Å². The average Bonchev–Trinajstić information content (AvgIpc) is 1.53. The standard InChI is InChI=1S/C86H116N18O22/c1-17-86(124)59-36-63-80-57(37-104(63)83(121)58(59)49-125-84(86)122)78-60(30-29-56-52(5)51(4)35-62(89-80)77(56)78)91-85(123)126-48-54-25-27-55(28-26-54)88-81(119)61(90-82(120)79(50(2)3)92-64(106)24-19-18-22-34-103-66(108)31-32-67(103)109)23-20-21-33-87-65(107)38-94(8)69(111)40-96(10)71(113)42-98(12)73(115)44-100(14)75(117)46-102(16)76(118)47-101(15)74(116)45-99(13)72(114)43-97(11)70(112)41-95(9)68(110)39-93(7)53(6)105/h25-28,31-32,35-36,50,60-61,79,124H,17-24,29-30,33-34,37-49H2,1-16H3,(H,87,107)(H,88,119)(H,90,120)(H,91,123)(H,92,106)/t60-,61-,79-,86-/m0/s1. The van der Waals surface area contributed by atoms with Gasteiger partial charge in [-0.2, -0.15) is 0 Å². The Morgan fingerprint density at radius 1 is 0.587 bits per heavy atom. The lowest BCUT2D eigenvalue weighted by molar-refractivity contribution is -0.172. The van der Waals surface area contributed by atoms with E-state index in [4.69, 9.17) is 14.5 Å². The lowest BCUT2D eigenvalue weighted by Crippen LogP contribution is -2.54. The second-order valence-corrected chi connectivity index (χ2v) is 32.9. The minimum atomic E-state index is -2.03. The second kappa shape index (κ2) is 43.5. The zero-order valence-electron chi connectivity index (χ0n) is 74.4. The number of aromatic nitrogens is 2. The monoisotopic (exact) mass is 1750 g/mol. The van der Waals surface area contributed by atoms with E-state index in [0.717, 1.165) is 76.6 Å². The maximum atomic E-state index is 14.3. The molecule has 40 heteroatoms. The molecule has 4 aromatic rings. The quantitative estimate of drug-likeness (QED) is 0.0164. The number of ether oxygens (including phenoxy) is 2. The fourth-order valence-corrected chi connectivity index (χ4v) is 14.6. The molecule has 0 radical (unpaired) electrons. The minimum Gasteiger partial charge on any atom is -0.458 e. The van der Waals surface area contributed by atoms with Gasteiger partial charge in [-0.25, -0.2) is 14.6 Å². The Hall–Kier alpha value is -13.0. The molecule has 17 amide bonds. The van der Waals surface area contributed by atoms with Crippen molar-refractivity contribution in [3.63, 3.8) is 0 Å². The molecule has 1 aliphatic carbocycles. The number of cyclic esters (lactones) is 1. The van der Waals surface area contributed by atoms with Crippen LogP contribution in [-0.2, 0) is 123 Å². The number of carbonyl (C=O) groups excluding carboxylic acids is 18. The number of hydrogen-bond acceptors (Lipinski definition) is 23. The number of likely N-dealkylation sites (N-methyl/N-ethyl adjacent to an activating group) is 10. The fourth-order valence-electron chi connectivity index (χ4n) is 14.6. The summed E-state index contributed by atoms with van der Waals surface area (Å²) in [5, 5.41) is 26.7. The summed E-state index contributed by atoms with van der Waals surface area (Å²) >= 11 is 0. The van der Waals surface area contributed by atoms with Crippen LogP contribution in [0, 0.1) is 19.8 Å². The highest BCUT2D eigenvalue weighted by atomic mass is 16.6. The van der Waals surface area contributed by atoms with Crippen molar-refractivity contribution >= 4 is 123 Å². The molecule has 8 rings (SSSR count). The molecule has 126 heavy (non-hydrogen) atoms. The van der Waals surface area contributed by atoms with Crippen LogP contribution in [0.1, 0.15) is 136 Å². The molecule has 682 valence electrons. The summed E-state index contributed by atoms with van der Waals surface area (Å²) in [6, 6.07) is 7.20. The van der Waals surface area contributed by atoms with Gasteiger partial charge in [0, 0.05) is 131 Å². The van der Waals surface area contributed by atoms with Crippen molar-refractivity contribution in [3.05, 3.63) is 103 Å². The van der Waals surface area contributed by atoms with Crippen LogP contribution in [0.2, 0.25) is 0 Å². The van der Waals surface area contributed by atoms with E-state index in [9.17, 15) is 96.2 Å². The highest BCUT2D eigenvalue weighted by Crippen LogP contribution is 2.46. The summed E-state index contributed by atoms with van der Waals surface area (Å²) in [5.41, 5.74) is 4.98. The van der Waals surface area contributed by atoms with Gasteiger partial charge in [0.05, 0.1) is 101 Å². The average molecular weight is 1750 g/mol. The number of aliphatic hydroxyl groups is 1. The molecule has 40 nitrogen and oxygen atoms in total. The van der Waals surface area contributed by atoms with E-state index < -0.39 is 188 Å². The number of anilines is 1. The predicted molar refractivity (Wildman–Crippen MR) is 455 cm³/mol. The highest BCUT2D eigenvalue weighted by molar-refractivity contribution is 6.13. The summed E-state index contributed by atoms with van der Waals surface area (Å²) in [4.78, 5) is 266. The molecular formula is C86H116N18O22. The van der Waals surface area contributed by atoms with Gasteiger partial charge in [0.15, 0.2) is 5.60 Å². The Labute approximate surface area is 729 Å². The van der Waals surface area contributed by atoms with E-state index in [1.165, 1.54) is 94.5 Å². The number of amides is 17. The molecule has 6 N–H and O–H groups in total. The van der Waals surface area contributed by atoms with Crippen LogP contribution in [0.15, 0.2) is 53.3 Å². The number of esters is 1. The number of rotatable bonds is 41. The third-order valence-electron chi connectivity index (χ3n) is 23.0. The number of nitrogens with one attached hydrogen (secondary N) is 5. The number of alkyl carbamates (subject to hydrolysis) is 1. The molecule has 0 bridgehead atoms. The first-order chi connectivity index (χ1) is 59.3. The van der Waals surface area contributed by atoms with Crippen LogP contribution in [0.3, 0.4) is 0 Å². The molecule has 2 aromatic carbocycles. The van der Waals surface area contributed by atoms with Gasteiger partial charge in [-0.1, -0.05) is 39.3 Å². The molecule has 0 unspecified atom stereocenters. The van der Waals surface area contributed by atoms with Crippen LogP contribution in [0.25, 0.3) is 22.3 Å². The Kier molecular flexibility index (Phi) is 34.0. The first kappa shape index (κ1) is 98.4. The van der Waals surface area contributed by atoms with Gasteiger partial charge in [0.1, 0.15) is 25.3 Å². The van der Waals surface area contributed by atoms with Gasteiger partial charge in [-0.3, -0.25) is 86.4 Å². The van der Waals surface area contributed by atoms with E-state index in [1.54, 1.807) is 55.7 Å². The number of aryl methyl sites for hydroxylation is 2. The molecule has 4 aliphatic rings. The molecule has 0 saturated carbocycles. The van der Waals surface area contributed by atoms with E-state index in [-0.39, 0.29) is 95.1 Å². The summed E-state index contributed by atoms with van der Waals surface area (Å²) in [5.74, 6) is -10.4. The number of unbranched alkanes of at least 4 members (excludes halogenated alkanes) is 3. The number of carbonyl (C=O) groups is 18. The zero-order chi connectivity index (χ0) is 93.2. The van der Waals surface area contributed by atoms with Crippen molar-refractivity contribution in [2.45, 2.75) is 149 Å². The van der Waals surface area contributed by atoms with Crippen molar-refractivity contribution in [2.75, 3.05) is 154 Å². The zero-order valence-corrected chi connectivity index (χ0v) is 74.4. The van der Waals surface area contributed by atoms with Crippen molar-refractivity contribution in [2.24, 2.45) is 5.92 Å². The topological polar surface area (TPSA) is 477 Å². The highest BCUT2D eigenvalue weighted by Gasteiger charge is 2.46. The van der Waals surface area contributed by atoms with E-state index in [0.29, 0.717) is 65.8 Å². The summed E-state index contributed by atoms with van der Waals surface area (Å²) in [7, 11) is 13.3. The Morgan fingerprint density at radius 2 is 1.08 bits per heavy atom. The largest absolute Gasteiger partial charge is 0.458 e. The second-order valence-electron chi connectivity index (χ2n) is 32.9. The van der Waals surface area contributed by atoms with Crippen LogP contribution in [0.4, 0.5) is 10.5 Å². The first-order valence-electron chi connectivity index (χ1n) is 41.6. The van der Waals surface area contributed by atoms with Crippen LogP contribution >= 0.6 is 0 Å².